The lowest BCUT2D eigenvalue weighted by molar-refractivity contribution is 0.0965. The van der Waals surface area contributed by atoms with Crippen LogP contribution in [0.4, 0.5) is 8.78 Å². The van der Waals surface area contributed by atoms with Crippen molar-refractivity contribution in [2.24, 2.45) is 5.73 Å². The Morgan fingerprint density at radius 3 is 2.67 bits per heavy atom. The van der Waals surface area contributed by atoms with E-state index in [4.69, 9.17) is 5.73 Å². The molecule has 1 heterocycles. The van der Waals surface area contributed by atoms with Gasteiger partial charge in [0.05, 0.1) is 0 Å². The first-order valence-electron chi connectivity index (χ1n) is 6.08. The second kappa shape index (κ2) is 5.30. The van der Waals surface area contributed by atoms with E-state index in [9.17, 15) is 8.78 Å². The highest BCUT2D eigenvalue weighted by molar-refractivity contribution is 5.23. The van der Waals surface area contributed by atoms with Crippen molar-refractivity contribution in [3.63, 3.8) is 0 Å². The van der Waals surface area contributed by atoms with Crippen LogP contribution >= 0.6 is 0 Å². The lowest BCUT2D eigenvalue weighted by atomic mass is 9.96. The molecule has 2 unspecified atom stereocenters. The topological polar surface area (TPSA) is 32.5 Å². The molecule has 1 aliphatic rings. The molecule has 5 heteroatoms. The molecule has 0 bridgehead atoms. The van der Waals surface area contributed by atoms with Crippen LogP contribution in [0.3, 0.4) is 0 Å². The average Bonchev–Trinajstić information content (AvgIpc) is 2.31. The zero-order chi connectivity index (χ0) is 13.3. The Bertz CT molecular complexity index is 425. The van der Waals surface area contributed by atoms with Gasteiger partial charge in [-0.3, -0.25) is 4.90 Å². The van der Waals surface area contributed by atoms with E-state index in [0.29, 0.717) is 5.56 Å². The molecule has 3 nitrogen and oxygen atoms in total. The monoisotopic (exact) mass is 255 g/mol. The lowest BCUT2D eigenvalue weighted by Crippen LogP contribution is -2.54. The maximum atomic E-state index is 13.7. The largest absolute Gasteiger partial charge is 0.323 e. The van der Waals surface area contributed by atoms with Gasteiger partial charge in [-0.25, -0.2) is 8.78 Å². The second-order valence-corrected chi connectivity index (χ2v) is 5.00. The molecule has 1 aromatic rings. The van der Waals surface area contributed by atoms with Crippen LogP contribution in [-0.4, -0.2) is 49.6 Å². The number of rotatable bonds is 2. The summed E-state index contributed by atoms with van der Waals surface area (Å²) in [4.78, 5) is 4.30. The molecule has 2 atom stereocenters. The lowest BCUT2D eigenvalue weighted by Gasteiger charge is -2.40. The fourth-order valence-corrected chi connectivity index (χ4v) is 2.41. The SMILES string of the molecule is CN1CCN(C)C(C(N)c2ccc(F)cc2F)C1. The molecule has 18 heavy (non-hydrogen) atoms. The molecule has 1 aromatic carbocycles. The van der Waals surface area contributed by atoms with Gasteiger partial charge in [0.1, 0.15) is 11.6 Å². The van der Waals surface area contributed by atoms with Gasteiger partial charge in [-0.05, 0) is 20.2 Å². The molecule has 100 valence electrons. The van der Waals surface area contributed by atoms with Crippen molar-refractivity contribution in [1.82, 2.24) is 9.80 Å². The summed E-state index contributed by atoms with van der Waals surface area (Å²) in [7, 11) is 4.01. The molecule has 0 aromatic heterocycles. The van der Waals surface area contributed by atoms with E-state index in [1.807, 2.05) is 14.1 Å². The predicted molar refractivity (Wildman–Crippen MR) is 67.2 cm³/mol. The smallest absolute Gasteiger partial charge is 0.130 e. The van der Waals surface area contributed by atoms with Gasteiger partial charge in [-0.2, -0.15) is 0 Å². The van der Waals surface area contributed by atoms with E-state index in [-0.39, 0.29) is 6.04 Å². The van der Waals surface area contributed by atoms with Crippen LogP contribution in [0.15, 0.2) is 18.2 Å². The van der Waals surface area contributed by atoms with Crippen LogP contribution in [0.5, 0.6) is 0 Å². The van der Waals surface area contributed by atoms with Crippen LogP contribution in [0.2, 0.25) is 0 Å². The molecule has 2 N–H and O–H groups in total. The zero-order valence-corrected chi connectivity index (χ0v) is 10.7. The number of hydrogen-bond acceptors (Lipinski definition) is 3. The third-order valence-electron chi connectivity index (χ3n) is 3.64. The van der Waals surface area contributed by atoms with Crippen LogP contribution in [0, 0.1) is 11.6 Å². The van der Waals surface area contributed by atoms with Gasteiger partial charge >= 0.3 is 0 Å². The standard InChI is InChI=1S/C13H19F2N3/c1-17-5-6-18(2)12(8-17)13(16)10-4-3-9(14)7-11(10)15/h3-4,7,12-13H,5-6,8,16H2,1-2H3. The maximum absolute atomic E-state index is 13.7. The predicted octanol–water partition coefficient (Wildman–Crippen LogP) is 1.21. The summed E-state index contributed by atoms with van der Waals surface area (Å²) >= 11 is 0. The summed E-state index contributed by atoms with van der Waals surface area (Å²) < 4.78 is 26.6. The van der Waals surface area contributed by atoms with E-state index in [2.05, 4.69) is 9.80 Å². The van der Waals surface area contributed by atoms with Crippen molar-refractivity contribution in [3.05, 3.63) is 35.4 Å². The molecule has 1 fully saturated rings. The minimum atomic E-state index is -0.572. The van der Waals surface area contributed by atoms with Crippen molar-refractivity contribution in [2.75, 3.05) is 33.7 Å². The highest BCUT2D eigenvalue weighted by Gasteiger charge is 2.29. The Morgan fingerprint density at radius 2 is 2.00 bits per heavy atom. The minimum Gasteiger partial charge on any atom is -0.323 e. The number of hydrogen-bond donors (Lipinski definition) is 1. The van der Waals surface area contributed by atoms with Crippen molar-refractivity contribution >= 4 is 0 Å². The summed E-state index contributed by atoms with van der Waals surface area (Å²) in [5, 5.41) is 0. The molecule has 1 saturated heterocycles. The molecule has 0 aliphatic carbocycles. The maximum Gasteiger partial charge on any atom is 0.130 e. The van der Waals surface area contributed by atoms with Crippen molar-refractivity contribution in [1.29, 1.82) is 0 Å². The molecule has 2 rings (SSSR count). The van der Waals surface area contributed by atoms with E-state index in [0.717, 1.165) is 25.7 Å². The van der Waals surface area contributed by atoms with Gasteiger partial charge < -0.3 is 10.6 Å². The quantitative estimate of drug-likeness (QED) is 0.862. The molecule has 0 spiro atoms. The summed E-state index contributed by atoms with van der Waals surface area (Å²) in [6, 6.07) is 3.19. The van der Waals surface area contributed by atoms with Crippen LogP contribution < -0.4 is 5.73 Å². The van der Waals surface area contributed by atoms with Gasteiger partial charge in [-0.1, -0.05) is 6.07 Å². The van der Waals surface area contributed by atoms with Gasteiger partial charge in [0.15, 0.2) is 0 Å². The average molecular weight is 255 g/mol. The first kappa shape index (κ1) is 13.4. The number of likely N-dealkylation sites (N-methyl/N-ethyl adjacent to an activating group) is 2. The van der Waals surface area contributed by atoms with Crippen molar-refractivity contribution < 1.29 is 8.78 Å². The molecular formula is C13H19F2N3. The second-order valence-electron chi connectivity index (χ2n) is 5.00. The van der Waals surface area contributed by atoms with Gasteiger partial charge in [0.25, 0.3) is 0 Å². The van der Waals surface area contributed by atoms with Crippen molar-refractivity contribution in [2.45, 2.75) is 12.1 Å². The zero-order valence-electron chi connectivity index (χ0n) is 10.7. The Labute approximate surface area is 106 Å². The van der Waals surface area contributed by atoms with Crippen molar-refractivity contribution in [3.8, 4) is 0 Å². The van der Waals surface area contributed by atoms with E-state index >= 15 is 0 Å². The first-order chi connectivity index (χ1) is 8.49. The third-order valence-corrected chi connectivity index (χ3v) is 3.64. The summed E-state index contributed by atoms with van der Waals surface area (Å²) in [5.74, 6) is -1.14. The minimum absolute atomic E-state index is 0.0451. The summed E-state index contributed by atoms with van der Waals surface area (Å²) in [5.41, 5.74) is 6.52. The normalized spacial score (nSPS) is 24.2. The highest BCUT2D eigenvalue weighted by Crippen LogP contribution is 2.23. The molecular weight excluding hydrogens is 236 g/mol. The number of halogens is 2. The third kappa shape index (κ3) is 2.68. The fourth-order valence-electron chi connectivity index (χ4n) is 2.41. The van der Waals surface area contributed by atoms with E-state index < -0.39 is 17.7 Å². The number of benzene rings is 1. The number of piperazine rings is 1. The summed E-state index contributed by atoms with van der Waals surface area (Å²) in [6.07, 6.45) is 0. The van der Waals surface area contributed by atoms with Crippen LogP contribution in [0.25, 0.3) is 0 Å². The molecule has 0 saturated carbocycles. The Hall–Kier alpha value is -1.04. The van der Waals surface area contributed by atoms with Crippen LogP contribution in [-0.2, 0) is 0 Å². The van der Waals surface area contributed by atoms with E-state index in [1.54, 1.807) is 0 Å². The van der Waals surface area contributed by atoms with Gasteiger partial charge in [0.2, 0.25) is 0 Å². The molecule has 1 aliphatic heterocycles. The Morgan fingerprint density at radius 1 is 1.28 bits per heavy atom. The fraction of sp³-hybridized carbons (Fsp3) is 0.538. The highest BCUT2D eigenvalue weighted by atomic mass is 19.1. The Balaban J connectivity index is 2.21. The van der Waals surface area contributed by atoms with Gasteiger partial charge in [0, 0.05) is 43.3 Å². The van der Waals surface area contributed by atoms with Crippen LogP contribution in [0.1, 0.15) is 11.6 Å². The number of nitrogens with zero attached hydrogens (tertiary/aromatic N) is 2. The Kier molecular flexibility index (Phi) is 3.94. The van der Waals surface area contributed by atoms with E-state index in [1.165, 1.54) is 12.1 Å². The molecule has 0 amide bonds. The number of nitrogens with two attached hydrogens (primary N) is 1. The van der Waals surface area contributed by atoms with Gasteiger partial charge in [-0.15, -0.1) is 0 Å². The first-order valence-corrected chi connectivity index (χ1v) is 6.08. The molecule has 0 radical (unpaired) electrons. The summed E-state index contributed by atoms with van der Waals surface area (Å²) in [6.45, 7) is 2.66.